The molecule has 4 heteroatoms. The molecule has 0 saturated carbocycles. The Bertz CT molecular complexity index is 412. The highest BCUT2D eigenvalue weighted by atomic mass is 35.5. The fourth-order valence-corrected chi connectivity index (χ4v) is 3.37. The van der Waals surface area contributed by atoms with Crippen LogP contribution in [-0.4, -0.2) is 25.3 Å². The number of hydrogen-bond acceptors (Lipinski definition) is 2. The summed E-state index contributed by atoms with van der Waals surface area (Å²) in [6.45, 7) is 1.92. The van der Waals surface area contributed by atoms with E-state index in [0.29, 0.717) is 18.1 Å². The number of morpholine rings is 1. The van der Waals surface area contributed by atoms with E-state index in [2.05, 4.69) is 11.0 Å². The van der Waals surface area contributed by atoms with Crippen molar-refractivity contribution < 1.29 is 4.74 Å². The Morgan fingerprint density at radius 2 is 1.94 bits per heavy atom. The predicted octanol–water partition coefficient (Wildman–Crippen LogP) is 3.45. The van der Waals surface area contributed by atoms with Crippen LogP contribution in [-0.2, 0) is 10.6 Å². The fraction of sp³-hybridized carbons (Fsp3) is 0.538. The van der Waals surface area contributed by atoms with Crippen LogP contribution in [0.5, 0.6) is 0 Å². The zero-order chi connectivity index (χ0) is 11.8. The molecule has 17 heavy (non-hydrogen) atoms. The summed E-state index contributed by atoms with van der Waals surface area (Å²) in [5.74, 6) is 0.460. The molecule has 2 aliphatic heterocycles. The first-order valence-corrected chi connectivity index (χ1v) is 6.93. The van der Waals surface area contributed by atoms with E-state index in [1.807, 2.05) is 12.1 Å². The normalized spacial score (nSPS) is 27.5. The van der Waals surface area contributed by atoms with Gasteiger partial charge in [0.25, 0.3) is 0 Å². The highest BCUT2D eigenvalue weighted by Crippen LogP contribution is 2.34. The van der Waals surface area contributed by atoms with Gasteiger partial charge in [0.1, 0.15) is 0 Å². The van der Waals surface area contributed by atoms with Crippen LogP contribution in [0.25, 0.3) is 0 Å². The smallest absolute Gasteiger partial charge is 0.0755 e. The molecule has 0 aromatic heterocycles. The lowest BCUT2D eigenvalue weighted by molar-refractivity contribution is 0.0304. The van der Waals surface area contributed by atoms with Crippen molar-refractivity contribution in [2.24, 2.45) is 0 Å². The summed E-state index contributed by atoms with van der Waals surface area (Å²) in [5.41, 5.74) is 2.21. The minimum Gasteiger partial charge on any atom is -0.371 e. The number of benzene rings is 1. The molecular formula is C13H15Cl2NO. The average Bonchev–Trinajstić information content (AvgIpc) is 2.68. The third-order valence-electron chi connectivity index (χ3n) is 3.61. The van der Waals surface area contributed by atoms with Crippen molar-refractivity contribution in [3.8, 4) is 0 Å². The van der Waals surface area contributed by atoms with Crippen molar-refractivity contribution >= 4 is 28.9 Å². The Morgan fingerprint density at radius 1 is 1.24 bits per heavy atom. The molecule has 2 nitrogen and oxygen atoms in total. The first kappa shape index (κ1) is 11.6. The first-order chi connectivity index (χ1) is 8.28. The maximum absolute atomic E-state index is 6.19. The van der Waals surface area contributed by atoms with E-state index in [-0.39, 0.29) is 0 Å². The maximum atomic E-state index is 6.19. The second kappa shape index (κ2) is 4.68. The minimum absolute atomic E-state index is 0.385. The van der Waals surface area contributed by atoms with E-state index in [0.717, 1.165) is 23.7 Å². The molecule has 2 bridgehead atoms. The number of nitrogens with zero attached hydrogens (tertiary/aromatic N) is 1. The minimum atomic E-state index is 0.385. The number of alkyl halides is 1. The number of ether oxygens (including phenoxy) is 1. The Balaban J connectivity index is 1.91. The SMILES string of the molecule is ClCc1c(Cl)cccc1N1CC2CCC(C1)O2. The van der Waals surface area contributed by atoms with Gasteiger partial charge < -0.3 is 9.64 Å². The van der Waals surface area contributed by atoms with E-state index >= 15 is 0 Å². The monoisotopic (exact) mass is 271 g/mol. The Kier molecular flexibility index (Phi) is 3.20. The third kappa shape index (κ3) is 2.14. The van der Waals surface area contributed by atoms with Gasteiger partial charge in [0.05, 0.1) is 18.1 Å². The van der Waals surface area contributed by atoms with Crippen molar-refractivity contribution in [1.29, 1.82) is 0 Å². The summed E-state index contributed by atoms with van der Waals surface area (Å²) in [6, 6.07) is 6.00. The van der Waals surface area contributed by atoms with Crippen molar-refractivity contribution in [3.05, 3.63) is 28.8 Å². The van der Waals surface area contributed by atoms with E-state index in [4.69, 9.17) is 27.9 Å². The number of rotatable bonds is 2. The van der Waals surface area contributed by atoms with Gasteiger partial charge in [-0.15, -0.1) is 11.6 Å². The molecule has 1 aromatic rings. The van der Waals surface area contributed by atoms with Crippen LogP contribution < -0.4 is 4.90 Å². The fourth-order valence-electron chi connectivity index (χ4n) is 2.79. The van der Waals surface area contributed by atoms with Gasteiger partial charge in [-0.05, 0) is 25.0 Å². The predicted molar refractivity (Wildman–Crippen MR) is 71.1 cm³/mol. The lowest BCUT2D eigenvalue weighted by atomic mass is 10.1. The van der Waals surface area contributed by atoms with Crippen LogP contribution in [0.3, 0.4) is 0 Å². The highest BCUT2D eigenvalue weighted by Gasteiger charge is 2.34. The molecule has 2 heterocycles. The number of fused-ring (bicyclic) bond motifs is 2. The Morgan fingerprint density at radius 3 is 2.59 bits per heavy atom. The number of anilines is 1. The number of hydrogen-bond donors (Lipinski definition) is 0. The van der Waals surface area contributed by atoms with Crippen LogP contribution in [0.4, 0.5) is 5.69 Å². The average molecular weight is 272 g/mol. The summed E-state index contributed by atoms with van der Waals surface area (Å²) < 4.78 is 5.85. The van der Waals surface area contributed by atoms with E-state index in [1.54, 1.807) is 0 Å². The second-order valence-corrected chi connectivity index (χ2v) is 5.41. The molecule has 0 aliphatic carbocycles. The Labute approximate surface area is 111 Å². The molecule has 2 saturated heterocycles. The molecule has 0 N–H and O–H groups in total. The van der Waals surface area contributed by atoms with Gasteiger partial charge in [0.2, 0.25) is 0 Å². The van der Waals surface area contributed by atoms with Gasteiger partial charge in [-0.25, -0.2) is 0 Å². The van der Waals surface area contributed by atoms with Gasteiger partial charge in [0, 0.05) is 29.4 Å². The van der Waals surface area contributed by atoms with Gasteiger partial charge in [-0.2, -0.15) is 0 Å². The molecule has 0 amide bonds. The van der Waals surface area contributed by atoms with Gasteiger partial charge >= 0.3 is 0 Å². The zero-order valence-corrected chi connectivity index (χ0v) is 11.0. The van der Waals surface area contributed by atoms with Crippen LogP contribution in [0.1, 0.15) is 18.4 Å². The van der Waals surface area contributed by atoms with Crippen LogP contribution >= 0.6 is 23.2 Å². The van der Waals surface area contributed by atoms with Crippen molar-refractivity contribution in [2.75, 3.05) is 18.0 Å². The van der Waals surface area contributed by atoms with Gasteiger partial charge in [-0.3, -0.25) is 0 Å². The first-order valence-electron chi connectivity index (χ1n) is 6.01. The lowest BCUT2D eigenvalue weighted by Gasteiger charge is -2.35. The van der Waals surface area contributed by atoms with E-state index in [1.165, 1.54) is 18.5 Å². The topological polar surface area (TPSA) is 12.5 Å². The third-order valence-corrected chi connectivity index (χ3v) is 4.23. The van der Waals surface area contributed by atoms with E-state index in [9.17, 15) is 0 Å². The molecular weight excluding hydrogens is 257 g/mol. The standard InChI is InChI=1S/C13H15Cl2NO/c14-6-11-12(15)2-1-3-13(11)16-7-9-4-5-10(8-16)17-9/h1-3,9-10H,4-8H2. The summed E-state index contributed by atoms with van der Waals surface area (Å²) in [6.07, 6.45) is 3.13. The van der Waals surface area contributed by atoms with Crippen LogP contribution in [0, 0.1) is 0 Å². The quantitative estimate of drug-likeness (QED) is 0.765. The van der Waals surface area contributed by atoms with Crippen LogP contribution in [0.2, 0.25) is 5.02 Å². The summed E-state index contributed by atoms with van der Waals surface area (Å²) >= 11 is 12.2. The molecule has 92 valence electrons. The van der Waals surface area contributed by atoms with Gasteiger partial charge in [0.15, 0.2) is 0 Å². The van der Waals surface area contributed by atoms with E-state index < -0.39 is 0 Å². The molecule has 2 aliphatic rings. The number of halogens is 2. The molecule has 3 rings (SSSR count). The maximum Gasteiger partial charge on any atom is 0.0755 e. The molecule has 2 unspecified atom stereocenters. The summed E-state index contributed by atoms with van der Waals surface area (Å²) in [7, 11) is 0. The molecule has 0 radical (unpaired) electrons. The van der Waals surface area contributed by atoms with Gasteiger partial charge in [-0.1, -0.05) is 17.7 Å². The highest BCUT2D eigenvalue weighted by molar-refractivity contribution is 6.32. The molecule has 2 fully saturated rings. The second-order valence-electron chi connectivity index (χ2n) is 4.73. The zero-order valence-electron chi connectivity index (χ0n) is 9.53. The lowest BCUT2D eigenvalue weighted by Crippen LogP contribution is -2.43. The summed E-state index contributed by atoms with van der Waals surface area (Å²) in [5, 5.41) is 0.760. The van der Waals surface area contributed by atoms with Crippen molar-refractivity contribution in [3.63, 3.8) is 0 Å². The molecule has 0 spiro atoms. The summed E-state index contributed by atoms with van der Waals surface area (Å²) in [4.78, 5) is 2.37. The van der Waals surface area contributed by atoms with Crippen LogP contribution in [0.15, 0.2) is 18.2 Å². The van der Waals surface area contributed by atoms with Crippen molar-refractivity contribution in [1.82, 2.24) is 0 Å². The Hall–Kier alpha value is -0.440. The molecule has 2 atom stereocenters. The largest absolute Gasteiger partial charge is 0.371 e. The molecule has 1 aromatic carbocycles. The van der Waals surface area contributed by atoms with Crippen molar-refractivity contribution in [2.45, 2.75) is 30.9 Å².